The first-order valence-electron chi connectivity index (χ1n) is 6.83. The van der Waals surface area contributed by atoms with Crippen molar-refractivity contribution in [1.82, 2.24) is 19.9 Å². The molecule has 0 amide bonds. The zero-order chi connectivity index (χ0) is 18.5. The Hall–Kier alpha value is -2.42. The lowest BCUT2D eigenvalue weighted by molar-refractivity contribution is -0.140. The number of benzene rings is 1. The number of nitrogens with zero attached hydrogens (tertiary/aromatic N) is 4. The zero-order valence-corrected chi connectivity index (χ0v) is 13.5. The van der Waals surface area contributed by atoms with Crippen LogP contribution >= 0.6 is 11.6 Å². The van der Waals surface area contributed by atoms with Gasteiger partial charge in [-0.3, -0.25) is 0 Å². The van der Waals surface area contributed by atoms with Crippen LogP contribution in [0.1, 0.15) is 17.0 Å². The van der Waals surface area contributed by atoms with E-state index in [1.807, 2.05) is 0 Å². The van der Waals surface area contributed by atoms with Gasteiger partial charge in [0.2, 0.25) is 5.28 Å². The van der Waals surface area contributed by atoms with Crippen molar-refractivity contribution in [3.8, 4) is 11.3 Å². The Morgan fingerprint density at radius 2 is 1.52 bits per heavy atom. The van der Waals surface area contributed by atoms with Crippen molar-refractivity contribution in [2.45, 2.75) is 20.0 Å². The largest absolute Gasteiger partial charge is 0.419 e. The summed E-state index contributed by atoms with van der Waals surface area (Å²) in [5.41, 5.74) is -1.58. The van der Waals surface area contributed by atoms with Gasteiger partial charge in [-0.05, 0) is 31.5 Å². The van der Waals surface area contributed by atoms with E-state index in [-0.39, 0.29) is 28.2 Å². The van der Waals surface area contributed by atoms with Gasteiger partial charge in [0.05, 0.1) is 17.0 Å². The topological polar surface area (TPSA) is 51.6 Å². The molecule has 130 valence electrons. The Bertz CT molecular complexity index is 1000. The predicted molar refractivity (Wildman–Crippen MR) is 80.0 cm³/mol. The van der Waals surface area contributed by atoms with Crippen LogP contribution in [-0.2, 0) is 6.18 Å². The molecule has 0 atom stereocenters. The average Bonchev–Trinajstić information content (AvgIpc) is 2.47. The number of alkyl halides is 3. The molecule has 0 aliphatic heterocycles. The maximum Gasteiger partial charge on any atom is 0.419 e. The quantitative estimate of drug-likeness (QED) is 0.459. The molecule has 4 nitrogen and oxygen atoms in total. The van der Waals surface area contributed by atoms with Crippen LogP contribution < -0.4 is 0 Å². The molecule has 0 N–H and O–H groups in total. The highest BCUT2D eigenvalue weighted by atomic mass is 35.5. The molecular formula is C15H8ClF5N4. The van der Waals surface area contributed by atoms with Gasteiger partial charge in [0.25, 0.3) is 0 Å². The molecule has 2 aromatic heterocycles. The van der Waals surface area contributed by atoms with Crippen molar-refractivity contribution in [2.24, 2.45) is 0 Å². The summed E-state index contributed by atoms with van der Waals surface area (Å²) in [5.74, 6) is -2.96. The summed E-state index contributed by atoms with van der Waals surface area (Å²) in [6, 6.07) is 0.480. The molecule has 3 aromatic rings. The minimum atomic E-state index is -5.00. The van der Waals surface area contributed by atoms with Crippen molar-refractivity contribution in [3.05, 3.63) is 46.0 Å². The van der Waals surface area contributed by atoms with Crippen LogP contribution in [0.2, 0.25) is 5.28 Å². The van der Waals surface area contributed by atoms with Gasteiger partial charge in [-0.1, -0.05) is 0 Å². The lowest BCUT2D eigenvalue weighted by Crippen LogP contribution is -2.10. The third-order valence-corrected chi connectivity index (χ3v) is 3.70. The summed E-state index contributed by atoms with van der Waals surface area (Å²) < 4.78 is 66.5. The van der Waals surface area contributed by atoms with E-state index in [1.165, 1.54) is 0 Å². The van der Waals surface area contributed by atoms with E-state index >= 15 is 0 Å². The van der Waals surface area contributed by atoms with Crippen LogP contribution in [0.4, 0.5) is 22.0 Å². The normalized spacial score (nSPS) is 12.0. The van der Waals surface area contributed by atoms with Gasteiger partial charge in [0, 0.05) is 11.6 Å². The number of aromatic nitrogens is 4. The number of halogens is 6. The second kappa shape index (κ2) is 5.83. The van der Waals surface area contributed by atoms with E-state index in [1.54, 1.807) is 13.8 Å². The smallest absolute Gasteiger partial charge is 0.246 e. The molecule has 0 saturated heterocycles. The highest BCUT2D eigenvalue weighted by Gasteiger charge is 2.35. The van der Waals surface area contributed by atoms with Gasteiger partial charge >= 0.3 is 6.18 Å². The average molecular weight is 375 g/mol. The minimum absolute atomic E-state index is 0.00427. The Morgan fingerprint density at radius 1 is 0.880 bits per heavy atom. The summed E-state index contributed by atoms with van der Waals surface area (Å²) in [6.45, 7) is 3.26. The highest BCUT2D eigenvalue weighted by Crippen LogP contribution is 2.36. The van der Waals surface area contributed by atoms with Crippen LogP contribution in [0, 0.1) is 25.5 Å². The second-order valence-corrected chi connectivity index (χ2v) is 5.56. The number of hydrogen-bond acceptors (Lipinski definition) is 4. The highest BCUT2D eigenvalue weighted by molar-refractivity contribution is 6.28. The number of aryl methyl sites for hydroxylation is 2. The standard InChI is InChI=1S/C15H8ClF5N4/c1-5-6(2)23-13-12(22-5)11(24-14(16)25-13)7-3-8(15(19,20)21)10(18)4-9(7)17/h3-4H,1-2H3. The Balaban J connectivity index is 2.39. The van der Waals surface area contributed by atoms with Crippen LogP contribution in [0.5, 0.6) is 0 Å². The minimum Gasteiger partial charge on any atom is -0.246 e. The van der Waals surface area contributed by atoms with Gasteiger partial charge in [0.1, 0.15) is 22.8 Å². The number of fused-ring (bicyclic) bond motifs is 1. The van der Waals surface area contributed by atoms with E-state index < -0.39 is 28.9 Å². The molecule has 0 spiro atoms. The van der Waals surface area contributed by atoms with Gasteiger partial charge in [0.15, 0.2) is 5.65 Å². The van der Waals surface area contributed by atoms with E-state index in [0.717, 1.165) is 0 Å². The summed E-state index contributed by atoms with van der Waals surface area (Å²) in [6.07, 6.45) is -5.00. The van der Waals surface area contributed by atoms with Crippen LogP contribution in [0.25, 0.3) is 22.4 Å². The molecular weight excluding hydrogens is 367 g/mol. The molecule has 0 fully saturated rings. The Labute approximate surface area is 142 Å². The Kier molecular flexibility index (Phi) is 4.06. The van der Waals surface area contributed by atoms with E-state index in [2.05, 4.69) is 19.9 Å². The molecule has 10 heteroatoms. The molecule has 2 heterocycles. The molecule has 0 unspecified atom stereocenters. The van der Waals surface area contributed by atoms with Crippen molar-refractivity contribution in [2.75, 3.05) is 0 Å². The predicted octanol–water partition coefficient (Wildman–Crippen LogP) is 4.65. The van der Waals surface area contributed by atoms with E-state index in [0.29, 0.717) is 17.5 Å². The van der Waals surface area contributed by atoms with Gasteiger partial charge in [-0.25, -0.2) is 23.7 Å². The maximum atomic E-state index is 14.2. The van der Waals surface area contributed by atoms with E-state index in [4.69, 9.17) is 11.6 Å². The lowest BCUT2D eigenvalue weighted by Gasteiger charge is -2.12. The van der Waals surface area contributed by atoms with E-state index in [9.17, 15) is 22.0 Å². The lowest BCUT2D eigenvalue weighted by atomic mass is 10.0. The molecule has 1 aromatic carbocycles. The third-order valence-electron chi connectivity index (χ3n) is 3.53. The third kappa shape index (κ3) is 3.11. The fraction of sp³-hybridized carbons (Fsp3) is 0.200. The first-order valence-corrected chi connectivity index (χ1v) is 7.21. The molecule has 25 heavy (non-hydrogen) atoms. The SMILES string of the molecule is Cc1nc2nc(Cl)nc(-c3cc(C(F)(F)F)c(F)cc3F)c2nc1C. The second-order valence-electron chi connectivity index (χ2n) is 5.22. The maximum absolute atomic E-state index is 14.2. The first kappa shape index (κ1) is 17.4. The van der Waals surface area contributed by atoms with Gasteiger partial charge in [-0.2, -0.15) is 18.2 Å². The van der Waals surface area contributed by atoms with Crippen molar-refractivity contribution in [1.29, 1.82) is 0 Å². The summed E-state index contributed by atoms with van der Waals surface area (Å²) >= 11 is 5.77. The molecule has 0 aliphatic carbocycles. The Morgan fingerprint density at radius 3 is 2.16 bits per heavy atom. The monoisotopic (exact) mass is 374 g/mol. The summed E-state index contributed by atoms with van der Waals surface area (Å²) in [7, 11) is 0. The van der Waals surface area contributed by atoms with Crippen molar-refractivity contribution >= 4 is 22.8 Å². The zero-order valence-electron chi connectivity index (χ0n) is 12.7. The molecule has 0 aliphatic rings. The van der Waals surface area contributed by atoms with Gasteiger partial charge < -0.3 is 0 Å². The first-order chi connectivity index (χ1) is 11.6. The fourth-order valence-corrected chi connectivity index (χ4v) is 2.39. The fourth-order valence-electron chi connectivity index (χ4n) is 2.22. The molecule has 0 saturated carbocycles. The summed E-state index contributed by atoms with van der Waals surface area (Å²) in [5, 5.41) is -0.350. The summed E-state index contributed by atoms with van der Waals surface area (Å²) in [4.78, 5) is 15.9. The van der Waals surface area contributed by atoms with Crippen LogP contribution in [-0.4, -0.2) is 19.9 Å². The van der Waals surface area contributed by atoms with Crippen LogP contribution in [0.3, 0.4) is 0 Å². The molecule has 0 bridgehead atoms. The molecule has 3 rings (SSSR count). The van der Waals surface area contributed by atoms with Crippen LogP contribution in [0.15, 0.2) is 12.1 Å². The van der Waals surface area contributed by atoms with Crippen molar-refractivity contribution in [3.63, 3.8) is 0 Å². The number of rotatable bonds is 1. The van der Waals surface area contributed by atoms with Gasteiger partial charge in [-0.15, -0.1) is 0 Å². The van der Waals surface area contributed by atoms with Crippen molar-refractivity contribution < 1.29 is 22.0 Å². The number of hydrogen-bond donors (Lipinski definition) is 0. The molecule has 0 radical (unpaired) electrons.